The van der Waals surface area contributed by atoms with Crippen LogP contribution >= 0.6 is 0 Å². The van der Waals surface area contributed by atoms with Crippen molar-refractivity contribution in [3.05, 3.63) is 35.4 Å². The van der Waals surface area contributed by atoms with E-state index in [-0.39, 0.29) is 11.8 Å². The fourth-order valence-electron chi connectivity index (χ4n) is 3.71. The molecule has 138 valence electrons. The predicted molar refractivity (Wildman–Crippen MR) is 101 cm³/mol. The van der Waals surface area contributed by atoms with Gasteiger partial charge in [0.1, 0.15) is 0 Å². The van der Waals surface area contributed by atoms with Crippen LogP contribution in [0.15, 0.2) is 24.3 Å². The lowest BCUT2D eigenvalue weighted by Gasteiger charge is -2.41. The average molecular weight is 345 g/mol. The van der Waals surface area contributed by atoms with E-state index in [9.17, 15) is 9.59 Å². The number of amides is 2. The number of aryl methyl sites for hydroxylation is 1. The Morgan fingerprint density at radius 3 is 2.76 bits per heavy atom. The van der Waals surface area contributed by atoms with Crippen molar-refractivity contribution in [2.45, 2.75) is 39.2 Å². The van der Waals surface area contributed by atoms with Gasteiger partial charge in [-0.15, -0.1) is 0 Å². The molecular formula is C20H31N3O2. The molecule has 1 saturated heterocycles. The van der Waals surface area contributed by atoms with E-state index in [2.05, 4.69) is 24.1 Å². The smallest absolute Gasteiger partial charge is 0.251 e. The van der Waals surface area contributed by atoms with Crippen molar-refractivity contribution >= 4 is 11.8 Å². The summed E-state index contributed by atoms with van der Waals surface area (Å²) in [6.45, 7) is 7.64. The Balaban J connectivity index is 1.90. The van der Waals surface area contributed by atoms with Gasteiger partial charge in [0.05, 0.1) is 0 Å². The summed E-state index contributed by atoms with van der Waals surface area (Å²) in [5, 5.41) is 2.63. The largest absolute Gasteiger partial charge is 0.355 e. The summed E-state index contributed by atoms with van der Waals surface area (Å²) in [5.74, 6) is 0.591. The Bertz CT molecular complexity index is 602. The minimum atomic E-state index is -0.0956. The molecule has 1 N–H and O–H groups in total. The van der Waals surface area contributed by atoms with Crippen LogP contribution in [0.1, 0.15) is 42.6 Å². The van der Waals surface area contributed by atoms with E-state index < -0.39 is 0 Å². The third-order valence-corrected chi connectivity index (χ3v) is 5.33. The number of hydrogen-bond donors (Lipinski definition) is 1. The van der Waals surface area contributed by atoms with Crippen LogP contribution in [0.4, 0.5) is 0 Å². The first-order valence-corrected chi connectivity index (χ1v) is 9.25. The molecule has 1 fully saturated rings. The second-order valence-corrected chi connectivity index (χ2v) is 7.01. The van der Waals surface area contributed by atoms with Crippen LogP contribution in [0.2, 0.25) is 0 Å². The second-order valence-electron chi connectivity index (χ2n) is 7.01. The van der Waals surface area contributed by atoms with Gasteiger partial charge in [0, 0.05) is 45.2 Å². The summed E-state index contributed by atoms with van der Waals surface area (Å²) in [5.41, 5.74) is 1.66. The SMILES string of the molecule is CCN1CC[C@@H](N(C)C(=O)CCc2cccc(C(=O)NC)c2)[C@H](C)C1. The molecule has 0 unspecified atom stereocenters. The maximum absolute atomic E-state index is 12.6. The van der Waals surface area contributed by atoms with Gasteiger partial charge < -0.3 is 15.1 Å². The third kappa shape index (κ3) is 5.05. The first-order valence-electron chi connectivity index (χ1n) is 9.25. The maximum atomic E-state index is 12.6. The lowest BCUT2D eigenvalue weighted by atomic mass is 9.92. The molecule has 0 spiro atoms. The first-order chi connectivity index (χ1) is 12.0. The standard InChI is InChI=1S/C20H31N3O2/c1-5-23-12-11-18(15(2)14-23)22(4)19(24)10-9-16-7-6-8-17(13-16)20(25)21-3/h6-8,13,15,18H,5,9-12,14H2,1-4H3,(H,21,25)/t15-,18-/m1/s1. The Kier molecular flexibility index (Phi) is 7.00. The van der Waals surface area contributed by atoms with Crippen molar-refractivity contribution in [3.63, 3.8) is 0 Å². The topological polar surface area (TPSA) is 52.7 Å². The number of carbonyl (C=O) groups is 2. The molecule has 1 aliphatic heterocycles. The molecule has 2 rings (SSSR count). The summed E-state index contributed by atoms with van der Waals surface area (Å²) < 4.78 is 0. The highest BCUT2D eigenvalue weighted by atomic mass is 16.2. The maximum Gasteiger partial charge on any atom is 0.251 e. The Morgan fingerprint density at radius 1 is 1.36 bits per heavy atom. The number of nitrogens with zero attached hydrogens (tertiary/aromatic N) is 2. The van der Waals surface area contributed by atoms with Gasteiger partial charge in [-0.2, -0.15) is 0 Å². The fourth-order valence-corrected chi connectivity index (χ4v) is 3.71. The summed E-state index contributed by atoms with van der Waals surface area (Å²) in [6, 6.07) is 7.83. The summed E-state index contributed by atoms with van der Waals surface area (Å²) in [4.78, 5) is 28.7. The van der Waals surface area contributed by atoms with Crippen molar-refractivity contribution in [2.75, 3.05) is 33.7 Å². The molecule has 2 amide bonds. The van der Waals surface area contributed by atoms with Gasteiger partial charge in [-0.25, -0.2) is 0 Å². The molecular weight excluding hydrogens is 314 g/mol. The highest BCUT2D eigenvalue weighted by molar-refractivity contribution is 5.94. The zero-order valence-corrected chi connectivity index (χ0v) is 15.9. The molecule has 1 aromatic rings. The van der Waals surface area contributed by atoms with Crippen LogP contribution in [-0.4, -0.2) is 61.4 Å². The number of benzene rings is 1. The monoisotopic (exact) mass is 345 g/mol. The lowest BCUT2D eigenvalue weighted by molar-refractivity contribution is -0.134. The van der Waals surface area contributed by atoms with Gasteiger partial charge >= 0.3 is 0 Å². The van der Waals surface area contributed by atoms with Crippen molar-refractivity contribution in [2.24, 2.45) is 5.92 Å². The van der Waals surface area contributed by atoms with Crippen LogP contribution < -0.4 is 5.32 Å². The van der Waals surface area contributed by atoms with Crippen LogP contribution in [0.25, 0.3) is 0 Å². The van der Waals surface area contributed by atoms with Crippen molar-refractivity contribution < 1.29 is 9.59 Å². The molecule has 25 heavy (non-hydrogen) atoms. The predicted octanol–water partition coefficient (Wildman–Crippen LogP) is 2.17. The van der Waals surface area contributed by atoms with E-state index in [1.807, 2.05) is 30.1 Å². The van der Waals surface area contributed by atoms with Crippen molar-refractivity contribution in [1.29, 1.82) is 0 Å². The van der Waals surface area contributed by atoms with Gasteiger partial charge in [0.25, 0.3) is 5.91 Å². The summed E-state index contributed by atoms with van der Waals surface area (Å²) in [7, 11) is 3.56. The zero-order valence-electron chi connectivity index (χ0n) is 15.9. The number of piperidine rings is 1. The van der Waals surface area contributed by atoms with Crippen LogP contribution in [0.5, 0.6) is 0 Å². The van der Waals surface area contributed by atoms with Crippen molar-refractivity contribution in [1.82, 2.24) is 15.1 Å². The number of nitrogens with one attached hydrogen (secondary N) is 1. The molecule has 5 nitrogen and oxygen atoms in total. The normalized spacial score (nSPS) is 21.0. The first kappa shape index (κ1) is 19.4. The molecule has 0 aromatic heterocycles. The average Bonchev–Trinajstić information content (AvgIpc) is 2.64. The van der Waals surface area contributed by atoms with E-state index in [1.165, 1.54) is 0 Å². The number of likely N-dealkylation sites (tertiary alicyclic amines) is 1. The Morgan fingerprint density at radius 2 is 2.12 bits per heavy atom. The zero-order chi connectivity index (χ0) is 18.4. The number of rotatable bonds is 6. The molecule has 1 aliphatic rings. The van der Waals surface area contributed by atoms with Crippen LogP contribution in [-0.2, 0) is 11.2 Å². The Hall–Kier alpha value is -1.88. The van der Waals surface area contributed by atoms with Crippen LogP contribution in [0, 0.1) is 5.92 Å². The Labute approximate surface area is 151 Å². The summed E-state index contributed by atoms with van der Waals surface area (Å²) >= 11 is 0. The summed E-state index contributed by atoms with van der Waals surface area (Å²) in [6.07, 6.45) is 2.19. The third-order valence-electron chi connectivity index (χ3n) is 5.33. The molecule has 0 bridgehead atoms. The molecule has 1 heterocycles. The quantitative estimate of drug-likeness (QED) is 0.860. The van der Waals surface area contributed by atoms with E-state index in [0.29, 0.717) is 30.4 Å². The van der Waals surface area contributed by atoms with Gasteiger partial charge in [-0.1, -0.05) is 26.0 Å². The van der Waals surface area contributed by atoms with Crippen LogP contribution in [0.3, 0.4) is 0 Å². The molecule has 0 radical (unpaired) electrons. The molecule has 2 atom stereocenters. The van der Waals surface area contributed by atoms with Gasteiger partial charge in [0.15, 0.2) is 0 Å². The highest BCUT2D eigenvalue weighted by Crippen LogP contribution is 2.22. The minimum absolute atomic E-state index is 0.0956. The van der Waals surface area contributed by atoms with Crippen molar-refractivity contribution in [3.8, 4) is 0 Å². The molecule has 0 aliphatic carbocycles. The fraction of sp³-hybridized carbons (Fsp3) is 0.600. The molecule has 0 saturated carbocycles. The van der Waals surface area contributed by atoms with E-state index in [0.717, 1.165) is 31.6 Å². The van der Waals surface area contributed by atoms with Gasteiger partial charge in [-0.3, -0.25) is 9.59 Å². The van der Waals surface area contributed by atoms with Gasteiger partial charge in [0.2, 0.25) is 5.91 Å². The minimum Gasteiger partial charge on any atom is -0.355 e. The van der Waals surface area contributed by atoms with E-state index >= 15 is 0 Å². The van der Waals surface area contributed by atoms with E-state index in [4.69, 9.17) is 0 Å². The van der Waals surface area contributed by atoms with E-state index in [1.54, 1.807) is 13.1 Å². The van der Waals surface area contributed by atoms with Gasteiger partial charge in [-0.05, 0) is 43.0 Å². The number of hydrogen-bond acceptors (Lipinski definition) is 3. The highest BCUT2D eigenvalue weighted by Gasteiger charge is 2.30. The second kappa shape index (κ2) is 8.99. The lowest BCUT2D eigenvalue weighted by Crippen LogP contribution is -2.50. The molecule has 1 aromatic carbocycles. The molecule has 5 heteroatoms. The number of carbonyl (C=O) groups excluding carboxylic acids is 2.